The minimum Gasteiger partial charge on any atom is -0.214 e. The van der Waals surface area contributed by atoms with E-state index in [9.17, 15) is 13.3 Å². The molecule has 0 aliphatic heterocycles. The van der Waals surface area contributed by atoms with Crippen molar-refractivity contribution >= 4 is 9.84 Å². The quantitative estimate of drug-likeness (QED) is 0.914. The van der Waals surface area contributed by atoms with E-state index in [4.69, 9.17) is 0 Å². The van der Waals surface area contributed by atoms with Crippen molar-refractivity contribution in [2.45, 2.75) is 29.7 Å². The zero-order valence-corrected chi connectivity index (χ0v) is 10.8. The van der Waals surface area contributed by atoms with Crippen LogP contribution in [0.5, 0.6) is 0 Å². The minimum absolute atomic E-state index is 0.0684. The summed E-state index contributed by atoms with van der Waals surface area (Å²) in [6.45, 7) is 3.44. The van der Waals surface area contributed by atoms with Gasteiger partial charge in [-0.05, 0) is 17.0 Å². The van der Waals surface area contributed by atoms with Crippen molar-refractivity contribution in [3.8, 4) is 0 Å². The number of nitrogens with zero attached hydrogens (tertiary/aromatic N) is 1. The fourth-order valence-electron chi connectivity index (χ4n) is 1.65. The second-order valence-corrected chi connectivity index (χ2v) is 6.02. The Kier molecular flexibility index (Phi) is 3.08. The highest BCUT2D eigenvalue weighted by Crippen LogP contribution is 2.24. The van der Waals surface area contributed by atoms with Gasteiger partial charge in [-0.1, -0.05) is 41.8 Å². The van der Waals surface area contributed by atoms with Gasteiger partial charge in [-0.2, -0.15) is 0 Å². The molecule has 0 unspecified atom stereocenters. The largest absolute Gasteiger partial charge is 0.310 e. The van der Waals surface area contributed by atoms with E-state index in [-0.39, 0.29) is 26.1 Å². The van der Waals surface area contributed by atoms with E-state index in [1.807, 2.05) is 0 Å². The third-order valence-corrected chi connectivity index (χ3v) is 4.24. The first-order valence-corrected chi connectivity index (χ1v) is 6.87. The van der Waals surface area contributed by atoms with Gasteiger partial charge in [-0.15, -0.1) is 0 Å². The number of rotatable bonds is 3. The maximum Gasteiger partial charge on any atom is 0.310 e. The summed E-state index contributed by atoms with van der Waals surface area (Å²) >= 11 is 0. The van der Waals surface area contributed by atoms with Gasteiger partial charge in [0.1, 0.15) is 0 Å². The summed E-state index contributed by atoms with van der Waals surface area (Å²) in [5.74, 6) is -0.272. The number of nitrogens with one attached hydrogen (secondary N) is 1. The third-order valence-electron chi connectivity index (χ3n) is 2.52. The lowest BCUT2D eigenvalue weighted by Crippen LogP contribution is -2.19. The van der Waals surface area contributed by atoms with Gasteiger partial charge in [-0.25, -0.2) is 8.42 Å². The Morgan fingerprint density at radius 3 is 2.39 bits per heavy atom. The van der Waals surface area contributed by atoms with E-state index in [0.717, 1.165) is 0 Å². The summed E-state index contributed by atoms with van der Waals surface area (Å²) in [5, 5.41) is 1.99. The van der Waals surface area contributed by atoms with E-state index < -0.39 is 9.84 Å². The van der Waals surface area contributed by atoms with Gasteiger partial charge in [0.05, 0.1) is 4.90 Å². The number of hydrogen-bond acceptors (Lipinski definition) is 4. The SMILES string of the molecule is CC(C)c1c(S(=O)(=O)c2ccccc2)[nH]o[n+]1=O. The second kappa shape index (κ2) is 4.41. The first kappa shape index (κ1) is 12.6. The molecule has 0 saturated heterocycles. The fourth-order valence-corrected chi connectivity index (χ4v) is 3.13. The average Bonchev–Trinajstić information content (AvgIpc) is 2.73. The number of sulfone groups is 1. The summed E-state index contributed by atoms with van der Waals surface area (Å²) in [6.07, 6.45) is 0. The van der Waals surface area contributed by atoms with Gasteiger partial charge < -0.3 is 0 Å². The van der Waals surface area contributed by atoms with E-state index in [1.54, 1.807) is 32.0 Å². The van der Waals surface area contributed by atoms with Crippen LogP contribution in [0.3, 0.4) is 0 Å². The predicted octanol–water partition coefficient (Wildman–Crippen LogP) is 1.48. The molecule has 1 aromatic heterocycles. The summed E-state index contributed by atoms with van der Waals surface area (Å²) in [6, 6.07) is 7.89. The molecular weight excluding hydrogens is 256 g/mol. The molecule has 6 nitrogen and oxygen atoms in total. The van der Waals surface area contributed by atoms with Crippen molar-refractivity contribution in [2.75, 3.05) is 0 Å². The third kappa shape index (κ3) is 1.97. The van der Waals surface area contributed by atoms with Crippen LogP contribution in [-0.2, 0) is 9.84 Å². The molecule has 18 heavy (non-hydrogen) atoms. The lowest BCUT2D eigenvalue weighted by molar-refractivity contribution is -0.720. The van der Waals surface area contributed by atoms with Crippen molar-refractivity contribution in [3.63, 3.8) is 0 Å². The maximum absolute atomic E-state index is 12.3. The van der Waals surface area contributed by atoms with Crippen LogP contribution < -0.4 is 4.60 Å². The second-order valence-electron chi connectivity index (χ2n) is 4.14. The Bertz CT molecular complexity index is 698. The topological polar surface area (TPSA) is 86.0 Å². The maximum atomic E-state index is 12.3. The molecule has 0 atom stereocenters. The van der Waals surface area contributed by atoms with Crippen LogP contribution in [-0.4, -0.2) is 13.6 Å². The van der Waals surface area contributed by atoms with Gasteiger partial charge in [-0.3, -0.25) is 0 Å². The lowest BCUT2D eigenvalue weighted by atomic mass is 10.2. The average molecular weight is 269 g/mol. The molecule has 0 saturated carbocycles. The zero-order chi connectivity index (χ0) is 13.3. The first-order chi connectivity index (χ1) is 8.44. The summed E-state index contributed by atoms with van der Waals surface area (Å²) in [4.78, 5) is 11.5. The zero-order valence-electron chi connectivity index (χ0n) is 9.95. The molecule has 0 radical (unpaired) electrons. The molecule has 1 N–H and O–H groups in total. The van der Waals surface area contributed by atoms with Crippen LogP contribution >= 0.6 is 0 Å². The highest BCUT2D eigenvalue weighted by molar-refractivity contribution is 7.91. The Morgan fingerprint density at radius 2 is 1.83 bits per heavy atom. The molecule has 0 bridgehead atoms. The highest BCUT2D eigenvalue weighted by atomic mass is 32.2. The lowest BCUT2D eigenvalue weighted by Gasteiger charge is -2.00. The van der Waals surface area contributed by atoms with E-state index in [2.05, 4.69) is 9.79 Å². The molecule has 0 spiro atoms. The predicted molar refractivity (Wildman–Crippen MR) is 62.4 cm³/mol. The van der Waals surface area contributed by atoms with Crippen molar-refractivity contribution in [1.82, 2.24) is 5.16 Å². The Hall–Kier alpha value is -1.89. The molecule has 0 aliphatic rings. The van der Waals surface area contributed by atoms with E-state index in [0.29, 0.717) is 0 Å². The molecular formula is C11H13N2O4S+. The van der Waals surface area contributed by atoms with Crippen LogP contribution in [0, 0.1) is 4.91 Å². The smallest absolute Gasteiger partial charge is 0.214 e. The van der Waals surface area contributed by atoms with Crippen molar-refractivity contribution in [3.05, 3.63) is 40.9 Å². The number of hydrogen-bond donors (Lipinski definition) is 1. The number of benzene rings is 1. The van der Waals surface area contributed by atoms with E-state index >= 15 is 0 Å². The Morgan fingerprint density at radius 1 is 1.22 bits per heavy atom. The fraction of sp³-hybridized carbons (Fsp3) is 0.273. The summed E-state index contributed by atoms with van der Waals surface area (Å²) in [5.41, 5.74) is 0.0684. The van der Waals surface area contributed by atoms with E-state index in [1.165, 1.54) is 12.1 Å². The Balaban J connectivity index is 2.67. The van der Waals surface area contributed by atoms with Gasteiger partial charge >= 0.3 is 5.03 Å². The van der Waals surface area contributed by atoms with Crippen LogP contribution in [0.4, 0.5) is 0 Å². The number of aromatic amines is 1. The molecule has 0 amide bonds. The molecule has 1 heterocycles. The summed E-state index contributed by atoms with van der Waals surface area (Å²) < 4.78 is 29.4. The first-order valence-electron chi connectivity index (χ1n) is 5.39. The van der Waals surface area contributed by atoms with Crippen molar-refractivity contribution < 1.29 is 17.6 Å². The standard InChI is InChI=1S/C11H13N2O4S/c1-8(2)10-11(12-17-13(10)14)18(15,16)9-6-4-3-5-7-9/h3-8,12H,1-2H3/q+1. The molecule has 7 heteroatoms. The van der Waals surface area contributed by atoms with Crippen molar-refractivity contribution in [1.29, 1.82) is 0 Å². The molecule has 2 rings (SSSR count). The normalized spacial score (nSPS) is 11.9. The van der Waals surface area contributed by atoms with Crippen LogP contribution in [0.1, 0.15) is 25.5 Å². The van der Waals surface area contributed by atoms with Crippen LogP contribution in [0.2, 0.25) is 0 Å². The van der Waals surface area contributed by atoms with Gasteiger partial charge in [0.25, 0.3) is 15.5 Å². The van der Waals surface area contributed by atoms with Crippen LogP contribution in [0.15, 0.2) is 44.9 Å². The molecule has 2 aromatic rings. The number of H-pyrrole nitrogens is 1. The Labute approximate surface area is 104 Å². The minimum atomic E-state index is -3.76. The summed E-state index contributed by atoms with van der Waals surface area (Å²) in [7, 11) is -3.76. The van der Waals surface area contributed by atoms with Gasteiger partial charge in [0.15, 0.2) is 4.60 Å². The monoisotopic (exact) mass is 269 g/mol. The van der Waals surface area contributed by atoms with Crippen molar-refractivity contribution in [2.24, 2.45) is 0 Å². The number of aromatic nitrogens is 2. The van der Waals surface area contributed by atoms with Gasteiger partial charge in [0.2, 0.25) is 0 Å². The molecule has 1 aromatic carbocycles. The highest BCUT2D eigenvalue weighted by Gasteiger charge is 2.34. The molecule has 0 aliphatic carbocycles. The van der Waals surface area contributed by atoms with Crippen LogP contribution in [0.25, 0.3) is 0 Å². The van der Waals surface area contributed by atoms with Gasteiger partial charge in [0, 0.05) is 5.92 Å². The molecule has 0 fully saturated rings. The molecule has 96 valence electrons.